The smallest absolute Gasteiger partial charge is 0.237 e. The summed E-state index contributed by atoms with van der Waals surface area (Å²) in [5.41, 5.74) is 3.19. The number of anilines is 2. The van der Waals surface area contributed by atoms with E-state index < -0.39 is 0 Å². The topological polar surface area (TPSA) is 120 Å². The van der Waals surface area contributed by atoms with E-state index in [9.17, 15) is 4.79 Å². The molecule has 1 aromatic rings. The molecule has 0 saturated carbocycles. The zero-order chi connectivity index (χ0) is 16.4. The molecule has 0 spiro atoms. The van der Waals surface area contributed by atoms with Crippen molar-refractivity contribution < 1.29 is 14.3 Å². The number of amides is 1. The summed E-state index contributed by atoms with van der Waals surface area (Å²) >= 11 is 0. The third-order valence-electron chi connectivity index (χ3n) is 2.34. The molecule has 0 radical (unpaired) electrons. The van der Waals surface area contributed by atoms with Gasteiger partial charge in [-0.15, -0.1) is 0 Å². The average Bonchev–Trinajstić information content (AvgIpc) is 2.49. The predicted octanol–water partition coefficient (Wildman–Crippen LogP) is 1.49. The summed E-state index contributed by atoms with van der Waals surface area (Å²) in [5.74, 6) is 0.224. The zero-order valence-corrected chi connectivity index (χ0v) is 12.2. The number of hydrogen-bond donors (Lipinski definition) is 2. The highest BCUT2D eigenvalue weighted by Crippen LogP contribution is 2.28. The van der Waals surface area contributed by atoms with Crippen LogP contribution in [0.25, 0.3) is 0 Å². The number of nitrogens with one attached hydrogen (secondary N) is 2. The number of ether oxygens (including phenoxy) is 2. The number of rotatable bonds is 7. The van der Waals surface area contributed by atoms with Crippen molar-refractivity contribution in [2.75, 3.05) is 31.1 Å². The van der Waals surface area contributed by atoms with Gasteiger partial charge in [0, 0.05) is 19.7 Å². The van der Waals surface area contributed by atoms with Gasteiger partial charge in [0.15, 0.2) is 0 Å². The number of benzene rings is 1. The summed E-state index contributed by atoms with van der Waals surface area (Å²) in [6, 6.07) is 8.15. The van der Waals surface area contributed by atoms with Crippen molar-refractivity contribution in [3.05, 3.63) is 18.2 Å². The van der Waals surface area contributed by atoms with Crippen LogP contribution in [0.3, 0.4) is 0 Å². The lowest BCUT2D eigenvalue weighted by molar-refractivity contribution is -0.114. The van der Waals surface area contributed by atoms with Gasteiger partial charge in [-0.25, -0.2) is 0 Å². The van der Waals surface area contributed by atoms with Gasteiger partial charge in [-0.2, -0.15) is 15.6 Å². The maximum absolute atomic E-state index is 11.1. The number of methoxy groups -OCH3 is 1. The van der Waals surface area contributed by atoms with E-state index in [0.717, 1.165) is 0 Å². The molecule has 114 valence electrons. The average molecular weight is 301 g/mol. The van der Waals surface area contributed by atoms with Gasteiger partial charge in [0.05, 0.1) is 6.61 Å². The molecule has 1 rings (SSSR count). The molecule has 2 N–H and O–H groups in total. The fourth-order valence-corrected chi connectivity index (χ4v) is 1.45. The second-order valence-electron chi connectivity index (χ2n) is 4.03. The number of nitrogens with zero attached hydrogens (tertiary/aromatic N) is 3. The van der Waals surface area contributed by atoms with E-state index in [1.165, 1.54) is 6.92 Å². The van der Waals surface area contributed by atoms with Gasteiger partial charge < -0.3 is 14.8 Å². The lowest BCUT2D eigenvalue weighted by Crippen LogP contribution is -2.08. The number of nitriles is 2. The third kappa shape index (κ3) is 5.49. The lowest BCUT2D eigenvalue weighted by Gasteiger charge is -2.12. The Balaban J connectivity index is 3.00. The van der Waals surface area contributed by atoms with Crippen LogP contribution in [-0.4, -0.2) is 31.9 Å². The first-order chi connectivity index (χ1) is 10.6. The van der Waals surface area contributed by atoms with Gasteiger partial charge in [0.2, 0.25) is 11.6 Å². The van der Waals surface area contributed by atoms with Crippen LogP contribution in [0.2, 0.25) is 0 Å². The van der Waals surface area contributed by atoms with E-state index in [1.807, 2.05) is 0 Å². The van der Waals surface area contributed by atoms with Crippen molar-refractivity contribution in [3.8, 4) is 17.9 Å². The minimum Gasteiger partial charge on any atom is -0.489 e. The molecule has 0 fully saturated rings. The van der Waals surface area contributed by atoms with Gasteiger partial charge in [0.1, 0.15) is 30.2 Å². The molecule has 22 heavy (non-hydrogen) atoms. The quantitative estimate of drug-likeness (QED) is 0.447. The van der Waals surface area contributed by atoms with Crippen LogP contribution in [0.5, 0.6) is 5.75 Å². The standard InChI is InChI=1S/C14H15N5O3/c1-10(20)17-11-3-4-14(22-6-5-21-2)13(7-11)19-18-12(8-15)9-16/h3-4,7,19H,5-6H2,1-2H3,(H,17,20). The van der Waals surface area contributed by atoms with Crippen LogP contribution in [0.15, 0.2) is 23.3 Å². The van der Waals surface area contributed by atoms with E-state index >= 15 is 0 Å². The van der Waals surface area contributed by atoms with Gasteiger partial charge in [-0.1, -0.05) is 0 Å². The first kappa shape index (κ1) is 17.0. The summed E-state index contributed by atoms with van der Waals surface area (Å²) in [4.78, 5) is 11.1. The Labute approximate surface area is 127 Å². The molecule has 0 unspecified atom stereocenters. The first-order valence-corrected chi connectivity index (χ1v) is 6.28. The second-order valence-corrected chi connectivity index (χ2v) is 4.03. The Morgan fingerprint density at radius 3 is 2.64 bits per heavy atom. The highest BCUT2D eigenvalue weighted by molar-refractivity contribution is 6.10. The fourth-order valence-electron chi connectivity index (χ4n) is 1.45. The Bertz CT molecular complexity index is 627. The minimum absolute atomic E-state index is 0.225. The Morgan fingerprint density at radius 1 is 1.32 bits per heavy atom. The van der Waals surface area contributed by atoms with E-state index in [0.29, 0.717) is 30.3 Å². The highest BCUT2D eigenvalue weighted by Gasteiger charge is 2.07. The van der Waals surface area contributed by atoms with Crippen molar-refractivity contribution in [2.24, 2.45) is 5.10 Å². The lowest BCUT2D eigenvalue weighted by atomic mass is 10.2. The van der Waals surface area contributed by atoms with E-state index in [4.69, 9.17) is 20.0 Å². The molecule has 0 aliphatic heterocycles. The fraction of sp³-hybridized carbons (Fsp3) is 0.286. The molecule has 8 nitrogen and oxygen atoms in total. The summed E-state index contributed by atoms with van der Waals surface area (Å²) in [6.45, 7) is 2.10. The number of carbonyl (C=O) groups is 1. The maximum Gasteiger partial charge on any atom is 0.237 e. The number of hydrogen-bond acceptors (Lipinski definition) is 7. The van der Waals surface area contributed by atoms with E-state index in [2.05, 4.69) is 15.8 Å². The number of hydrazone groups is 1. The molecule has 1 amide bonds. The molecule has 0 heterocycles. The molecule has 8 heteroatoms. The summed E-state index contributed by atoms with van der Waals surface area (Å²) in [6.07, 6.45) is 0. The molecule has 0 aliphatic carbocycles. The van der Waals surface area contributed by atoms with Crippen LogP contribution in [0.4, 0.5) is 11.4 Å². The van der Waals surface area contributed by atoms with Crippen LogP contribution in [-0.2, 0) is 9.53 Å². The Hall–Kier alpha value is -3.10. The monoisotopic (exact) mass is 301 g/mol. The highest BCUT2D eigenvalue weighted by atomic mass is 16.5. The number of carbonyl (C=O) groups excluding carboxylic acids is 1. The van der Waals surface area contributed by atoms with Crippen molar-refractivity contribution in [2.45, 2.75) is 6.92 Å². The summed E-state index contributed by atoms with van der Waals surface area (Å²) < 4.78 is 10.4. The minimum atomic E-state index is -0.326. The largest absolute Gasteiger partial charge is 0.489 e. The molecule has 0 bridgehead atoms. The van der Waals surface area contributed by atoms with Gasteiger partial charge in [0.25, 0.3) is 0 Å². The Morgan fingerprint density at radius 2 is 2.05 bits per heavy atom. The third-order valence-corrected chi connectivity index (χ3v) is 2.34. The molecular formula is C14H15N5O3. The van der Waals surface area contributed by atoms with Gasteiger partial charge in [-0.05, 0) is 18.2 Å². The molecule has 0 atom stereocenters. The normalized spacial score (nSPS) is 9.09. The van der Waals surface area contributed by atoms with Crippen LogP contribution >= 0.6 is 0 Å². The van der Waals surface area contributed by atoms with Crippen molar-refractivity contribution in [1.29, 1.82) is 10.5 Å². The molecule has 0 saturated heterocycles. The van der Waals surface area contributed by atoms with Crippen LogP contribution in [0, 0.1) is 22.7 Å². The van der Waals surface area contributed by atoms with Gasteiger partial charge in [-0.3, -0.25) is 10.2 Å². The van der Waals surface area contributed by atoms with Crippen molar-refractivity contribution in [3.63, 3.8) is 0 Å². The molecule has 0 aromatic heterocycles. The second kappa shape index (κ2) is 8.95. The maximum atomic E-state index is 11.1. The van der Waals surface area contributed by atoms with Crippen molar-refractivity contribution in [1.82, 2.24) is 0 Å². The van der Waals surface area contributed by atoms with Crippen molar-refractivity contribution >= 4 is 23.0 Å². The molecule has 0 aliphatic rings. The van der Waals surface area contributed by atoms with E-state index in [-0.39, 0.29) is 11.6 Å². The molecule has 1 aromatic carbocycles. The van der Waals surface area contributed by atoms with E-state index in [1.54, 1.807) is 37.4 Å². The SMILES string of the molecule is COCCOc1ccc(NC(C)=O)cc1NN=C(C#N)C#N. The molecular weight excluding hydrogens is 286 g/mol. The first-order valence-electron chi connectivity index (χ1n) is 6.28. The predicted molar refractivity (Wildman–Crippen MR) is 80.4 cm³/mol. The zero-order valence-electron chi connectivity index (χ0n) is 12.2. The van der Waals surface area contributed by atoms with Crippen LogP contribution in [0.1, 0.15) is 6.92 Å². The summed E-state index contributed by atoms with van der Waals surface area (Å²) in [5, 5.41) is 23.6. The van der Waals surface area contributed by atoms with Gasteiger partial charge >= 0.3 is 0 Å². The van der Waals surface area contributed by atoms with Crippen LogP contribution < -0.4 is 15.5 Å². The summed E-state index contributed by atoms with van der Waals surface area (Å²) in [7, 11) is 1.55. The Kier molecular flexibility index (Phi) is 6.90.